The van der Waals surface area contributed by atoms with Crippen molar-refractivity contribution in [1.29, 1.82) is 0 Å². The number of aryl methyl sites for hydroxylation is 3. The van der Waals surface area contributed by atoms with Gasteiger partial charge in [-0.2, -0.15) is 0 Å². The highest BCUT2D eigenvalue weighted by atomic mass is 32.2. The normalized spacial score (nSPS) is 17.9. The van der Waals surface area contributed by atoms with Crippen LogP contribution in [0.15, 0.2) is 35.5 Å². The molecule has 5 nitrogen and oxygen atoms in total. The van der Waals surface area contributed by atoms with Crippen LogP contribution >= 0.6 is 11.8 Å². The monoisotopic (exact) mass is 327 g/mol. The van der Waals surface area contributed by atoms with Crippen LogP contribution in [0.2, 0.25) is 0 Å². The van der Waals surface area contributed by atoms with Gasteiger partial charge in [-0.05, 0) is 39.0 Å². The zero-order chi connectivity index (χ0) is 16.6. The molecule has 1 atom stereocenters. The maximum atomic E-state index is 12.6. The smallest absolute Gasteiger partial charge is 0.247 e. The minimum Gasteiger partial charge on any atom is -0.274 e. The zero-order valence-electron chi connectivity index (χ0n) is 13.2. The third-order valence-electron chi connectivity index (χ3n) is 3.61. The molecule has 1 aliphatic rings. The molecule has 1 aromatic carbocycles. The lowest BCUT2D eigenvalue weighted by Gasteiger charge is -2.15. The Bertz CT molecular complexity index is 754. The first-order valence-electron chi connectivity index (χ1n) is 7.36. The molecule has 1 fully saturated rings. The molecular formula is C17H17N3O2S. The van der Waals surface area contributed by atoms with Gasteiger partial charge in [0.05, 0.1) is 5.69 Å². The maximum absolute atomic E-state index is 12.6. The molecule has 6 heteroatoms. The molecule has 118 valence electrons. The van der Waals surface area contributed by atoms with Crippen molar-refractivity contribution < 1.29 is 9.59 Å². The van der Waals surface area contributed by atoms with Gasteiger partial charge in [-0.15, -0.1) is 0 Å². The van der Waals surface area contributed by atoms with E-state index in [9.17, 15) is 9.59 Å². The standard InChI is InChI=1S/C17H17N3O2S/c1-10-4-6-13(7-5-10)20-15(21)9-14(16(20)22)23-17-18-11(2)8-12(3)19-17/h4-8,14H,9H2,1-3H3/t14-/m0/s1. The van der Waals surface area contributed by atoms with E-state index in [0.29, 0.717) is 10.8 Å². The van der Waals surface area contributed by atoms with Gasteiger partial charge in [0, 0.05) is 17.8 Å². The molecule has 0 radical (unpaired) electrons. The number of thioether (sulfide) groups is 1. The summed E-state index contributed by atoms with van der Waals surface area (Å²) >= 11 is 1.26. The van der Waals surface area contributed by atoms with E-state index in [0.717, 1.165) is 17.0 Å². The van der Waals surface area contributed by atoms with E-state index < -0.39 is 5.25 Å². The van der Waals surface area contributed by atoms with E-state index in [1.165, 1.54) is 16.7 Å². The molecule has 2 amide bonds. The van der Waals surface area contributed by atoms with Gasteiger partial charge in [0.15, 0.2) is 5.16 Å². The lowest BCUT2D eigenvalue weighted by Crippen LogP contribution is -2.31. The van der Waals surface area contributed by atoms with Crippen LogP contribution in [0.4, 0.5) is 5.69 Å². The molecule has 0 spiro atoms. The van der Waals surface area contributed by atoms with E-state index in [1.807, 2.05) is 39.0 Å². The van der Waals surface area contributed by atoms with E-state index in [-0.39, 0.29) is 18.2 Å². The van der Waals surface area contributed by atoms with E-state index in [2.05, 4.69) is 9.97 Å². The number of imide groups is 1. The number of anilines is 1. The average Bonchev–Trinajstić information content (AvgIpc) is 2.74. The van der Waals surface area contributed by atoms with E-state index >= 15 is 0 Å². The molecule has 2 heterocycles. The van der Waals surface area contributed by atoms with Crippen LogP contribution in [0.25, 0.3) is 0 Å². The molecule has 0 saturated carbocycles. The number of hydrogen-bond donors (Lipinski definition) is 0. The number of carbonyl (C=O) groups excluding carboxylic acids is 2. The Morgan fingerprint density at radius 1 is 1.04 bits per heavy atom. The molecule has 2 aromatic rings. The fourth-order valence-corrected chi connectivity index (χ4v) is 3.61. The minimum atomic E-state index is -0.468. The van der Waals surface area contributed by atoms with Crippen LogP contribution in [-0.4, -0.2) is 27.0 Å². The van der Waals surface area contributed by atoms with Crippen molar-refractivity contribution in [1.82, 2.24) is 9.97 Å². The fourth-order valence-electron chi connectivity index (χ4n) is 2.53. The van der Waals surface area contributed by atoms with Crippen LogP contribution in [-0.2, 0) is 9.59 Å². The maximum Gasteiger partial charge on any atom is 0.247 e. The van der Waals surface area contributed by atoms with Crippen molar-refractivity contribution >= 4 is 29.3 Å². The first-order valence-corrected chi connectivity index (χ1v) is 8.24. The Balaban J connectivity index is 1.82. The number of carbonyl (C=O) groups is 2. The summed E-state index contributed by atoms with van der Waals surface area (Å²) in [7, 11) is 0. The second kappa shape index (κ2) is 6.12. The predicted molar refractivity (Wildman–Crippen MR) is 89.4 cm³/mol. The van der Waals surface area contributed by atoms with E-state index in [1.54, 1.807) is 12.1 Å². The molecule has 1 saturated heterocycles. The summed E-state index contributed by atoms with van der Waals surface area (Å²) in [5.41, 5.74) is 3.41. The molecule has 0 bridgehead atoms. The second-order valence-corrected chi connectivity index (χ2v) is 6.82. The van der Waals surface area contributed by atoms with Crippen LogP contribution < -0.4 is 4.90 Å². The van der Waals surface area contributed by atoms with Crippen molar-refractivity contribution in [2.24, 2.45) is 0 Å². The summed E-state index contributed by atoms with van der Waals surface area (Å²) in [6, 6.07) is 9.26. The Hall–Kier alpha value is -2.21. The van der Waals surface area contributed by atoms with Gasteiger partial charge in [0.1, 0.15) is 5.25 Å². The van der Waals surface area contributed by atoms with Gasteiger partial charge in [0.25, 0.3) is 0 Å². The first kappa shape index (κ1) is 15.7. The number of amides is 2. The zero-order valence-corrected chi connectivity index (χ0v) is 14.1. The molecule has 0 aliphatic carbocycles. The summed E-state index contributed by atoms with van der Waals surface area (Å²) in [6.45, 7) is 5.74. The van der Waals surface area contributed by atoms with Gasteiger partial charge in [-0.1, -0.05) is 29.5 Å². The van der Waals surface area contributed by atoms with Gasteiger partial charge < -0.3 is 0 Å². The van der Waals surface area contributed by atoms with E-state index in [4.69, 9.17) is 0 Å². The number of hydrogen-bond acceptors (Lipinski definition) is 5. The molecule has 23 heavy (non-hydrogen) atoms. The van der Waals surface area contributed by atoms with Crippen molar-refractivity contribution in [3.8, 4) is 0 Å². The highest BCUT2D eigenvalue weighted by Crippen LogP contribution is 2.32. The molecule has 1 aromatic heterocycles. The van der Waals surface area contributed by atoms with Crippen molar-refractivity contribution in [3.05, 3.63) is 47.3 Å². The fraction of sp³-hybridized carbons (Fsp3) is 0.294. The summed E-state index contributed by atoms with van der Waals surface area (Å²) < 4.78 is 0. The first-order chi connectivity index (χ1) is 10.9. The van der Waals surface area contributed by atoms with Crippen molar-refractivity contribution in [3.63, 3.8) is 0 Å². The number of nitrogens with zero attached hydrogens (tertiary/aromatic N) is 3. The second-order valence-electron chi connectivity index (χ2n) is 5.65. The van der Waals surface area contributed by atoms with Gasteiger partial charge >= 0.3 is 0 Å². The van der Waals surface area contributed by atoms with Crippen molar-refractivity contribution in [2.45, 2.75) is 37.6 Å². The van der Waals surface area contributed by atoms with Crippen LogP contribution in [0.1, 0.15) is 23.4 Å². The quantitative estimate of drug-likeness (QED) is 0.641. The Morgan fingerprint density at radius 3 is 2.26 bits per heavy atom. The predicted octanol–water partition coefficient (Wildman–Crippen LogP) is 2.83. The molecular weight excluding hydrogens is 310 g/mol. The summed E-state index contributed by atoms with van der Waals surface area (Å²) in [5.74, 6) is -0.382. The third-order valence-corrected chi connectivity index (χ3v) is 4.65. The highest BCUT2D eigenvalue weighted by molar-refractivity contribution is 8.00. The summed E-state index contributed by atoms with van der Waals surface area (Å²) in [6.07, 6.45) is 0.174. The Morgan fingerprint density at radius 2 is 1.65 bits per heavy atom. The summed E-state index contributed by atoms with van der Waals surface area (Å²) in [5, 5.41) is 0.0735. The molecule has 1 aliphatic heterocycles. The van der Waals surface area contributed by atoms with Crippen molar-refractivity contribution in [2.75, 3.05) is 4.90 Å². The van der Waals surface area contributed by atoms with Gasteiger partial charge in [0.2, 0.25) is 11.8 Å². The highest BCUT2D eigenvalue weighted by Gasteiger charge is 2.40. The molecule has 0 N–H and O–H groups in total. The van der Waals surface area contributed by atoms with Crippen LogP contribution in [0.3, 0.4) is 0 Å². The van der Waals surface area contributed by atoms with Gasteiger partial charge in [-0.3, -0.25) is 9.59 Å². The summed E-state index contributed by atoms with van der Waals surface area (Å²) in [4.78, 5) is 34.8. The van der Waals surface area contributed by atoms with Crippen LogP contribution in [0, 0.1) is 20.8 Å². The SMILES string of the molecule is Cc1ccc(N2C(=O)C[C@H](Sc3nc(C)cc(C)n3)C2=O)cc1. The molecule has 0 unspecified atom stereocenters. The topological polar surface area (TPSA) is 63.2 Å². The lowest BCUT2D eigenvalue weighted by atomic mass is 10.2. The lowest BCUT2D eigenvalue weighted by molar-refractivity contribution is -0.121. The van der Waals surface area contributed by atoms with Gasteiger partial charge in [-0.25, -0.2) is 14.9 Å². The minimum absolute atomic E-state index is 0.174. The number of rotatable bonds is 3. The Kier molecular flexibility index (Phi) is 4.17. The third kappa shape index (κ3) is 3.27. The Labute approximate surface area is 139 Å². The molecule has 3 rings (SSSR count). The average molecular weight is 327 g/mol. The number of benzene rings is 1. The van der Waals surface area contributed by atoms with Crippen LogP contribution in [0.5, 0.6) is 0 Å². The largest absolute Gasteiger partial charge is 0.274 e. The number of aromatic nitrogens is 2.